The van der Waals surface area contributed by atoms with Crippen molar-refractivity contribution in [2.24, 2.45) is 10.8 Å². The van der Waals surface area contributed by atoms with Gasteiger partial charge in [0.05, 0.1) is 0 Å². The molecule has 2 unspecified atom stereocenters. The van der Waals surface area contributed by atoms with Crippen molar-refractivity contribution < 1.29 is 19.1 Å². The van der Waals surface area contributed by atoms with Crippen LogP contribution in [0.1, 0.15) is 45.6 Å². The van der Waals surface area contributed by atoms with E-state index in [1.54, 1.807) is 6.07 Å². The number of carbonyl (C=O) groups is 2. The molecule has 1 aliphatic heterocycles. The number of benzene rings is 1. The van der Waals surface area contributed by atoms with Crippen molar-refractivity contribution in [1.82, 2.24) is 4.90 Å². The summed E-state index contributed by atoms with van der Waals surface area (Å²) < 4.78 is 10.6. The van der Waals surface area contributed by atoms with E-state index in [0.29, 0.717) is 5.75 Å². The van der Waals surface area contributed by atoms with Crippen molar-refractivity contribution in [2.75, 3.05) is 19.8 Å². The molecule has 1 saturated carbocycles. The predicted octanol–water partition coefficient (Wildman–Crippen LogP) is 3.34. The first kappa shape index (κ1) is 18.7. The number of likely N-dealkylation sites (tertiary alicyclic amines) is 1. The lowest BCUT2D eigenvalue weighted by molar-refractivity contribution is -0.154. The lowest BCUT2D eigenvalue weighted by Crippen LogP contribution is -2.40. The highest BCUT2D eigenvalue weighted by Crippen LogP contribution is 2.52. The van der Waals surface area contributed by atoms with Gasteiger partial charge in [-0.1, -0.05) is 32.9 Å². The lowest BCUT2D eigenvalue weighted by Gasteiger charge is -2.39. The van der Waals surface area contributed by atoms with E-state index < -0.39 is 5.97 Å². The minimum atomic E-state index is -0.520. The molecule has 1 aromatic carbocycles. The van der Waals surface area contributed by atoms with E-state index in [-0.39, 0.29) is 36.0 Å². The zero-order valence-corrected chi connectivity index (χ0v) is 16.2. The van der Waals surface area contributed by atoms with Crippen LogP contribution in [0.2, 0.25) is 0 Å². The molecule has 142 valence electrons. The highest BCUT2D eigenvalue weighted by molar-refractivity contribution is 5.81. The predicted molar refractivity (Wildman–Crippen MR) is 98.9 cm³/mol. The van der Waals surface area contributed by atoms with E-state index in [0.717, 1.165) is 31.4 Å². The summed E-state index contributed by atoms with van der Waals surface area (Å²) in [5.74, 6) is 0.00525. The molecule has 2 bridgehead atoms. The Hall–Kier alpha value is -2.04. The topological polar surface area (TPSA) is 55.8 Å². The van der Waals surface area contributed by atoms with Crippen LogP contribution in [0.5, 0.6) is 5.75 Å². The third-order valence-electron chi connectivity index (χ3n) is 5.44. The van der Waals surface area contributed by atoms with Crippen LogP contribution in [0.25, 0.3) is 0 Å². The molecule has 5 heteroatoms. The number of hydrogen-bond donors (Lipinski definition) is 0. The van der Waals surface area contributed by atoms with Crippen molar-refractivity contribution >= 4 is 11.9 Å². The minimum Gasteiger partial charge on any atom is -0.482 e. The molecule has 26 heavy (non-hydrogen) atoms. The van der Waals surface area contributed by atoms with E-state index in [4.69, 9.17) is 9.47 Å². The number of esters is 1. The van der Waals surface area contributed by atoms with Crippen molar-refractivity contribution in [2.45, 2.75) is 53.0 Å². The fraction of sp³-hybridized carbons (Fsp3) is 0.619. The van der Waals surface area contributed by atoms with Crippen LogP contribution in [-0.2, 0) is 14.3 Å². The Morgan fingerprint density at radius 3 is 2.69 bits per heavy atom. The molecule has 5 nitrogen and oxygen atoms in total. The smallest absolute Gasteiger partial charge is 0.344 e. The Bertz CT molecular complexity index is 699. The van der Waals surface area contributed by atoms with E-state index in [1.807, 2.05) is 30.0 Å². The Balaban J connectivity index is 1.47. The van der Waals surface area contributed by atoms with Crippen LogP contribution in [0, 0.1) is 17.8 Å². The average Bonchev–Trinajstić information content (AvgIpc) is 2.79. The second kappa shape index (κ2) is 6.93. The van der Waals surface area contributed by atoms with Crippen LogP contribution >= 0.6 is 0 Å². The minimum absolute atomic E-state index is 0.0969. The summed E-state index contributed by atoms with van der Waals surface area (Å²) in [5.41, 5.74) is 1.49. The Labute approximate surface area is 155 Å². The largest absolute Gasteiger partial charge is 0.482 e. The molecule has 2 aliphatic rings. The zero-order valence-electron chi connectivity index (χ0n) is 16.2. The Kier molecular flexibility index (Phi) is 5.00. The molecule has 1 saturated heterocycles. The number of rotatable bonds is 5. The summed E-state index contributed by atoms with van der Waals surface area (Å²) in [6.07, 6.45) is 3.19. The number of carbonyl (C=O) groups excluding carboxylic acids is 2. The van der Waals surface area contributed by atoms with Gasteiger partial charge in [-0.05, 0) is 54.7 Å². The summed E-state index contributed by atoms with van der Waals surface area (Å²) in [4.78, 5) is 26.4. The van der Waals surface area contributed by atoms with E-state index in [2.05, 4.69) is 20.8 Å². The second-order valence-electron chi connectivity index (χ2n) is 9.00. The maximum Gasteiger partial charge on any atom is 0.344 e. The highest BCUT2D eigenvalue weighted by atomic mass is 16.6. The first-order valence-corrected chi connectivity index (χ1v) is 9.30. The summed E-state index contributed by atoms with van der Waals surface area (Å²) in [5, 5.41) is 0. The molecule has 1 amide bonds. The van der Waals surface area contributed by atoms with E-state index >= 15 is 0 Å². The fourth-order valence-electron chi connectivity index (χ4n) is 4.87. The number of nitrogens with zero attached hydrogens (tertiary/aromatic N) is 1. The third-order valence-corrected chi connectivity index (χ3v) is 5.44. The van der Waals surface area contributed by atoms with Crippen molar-refractivity contribution in [3.63, 3.8) is 0 Å². The maximum absolute atomic E-state index is 12.6. The molecule has 0 N–H and O–H groups in total. The van der Waals surface area contributed by atoms with E-state index in [9.17, 15) is 9.59 Å². The van der Waals surface area contributed by atoms with Gasteiger partial charge < -0.3 is 14.4 Å². The van der Waals surface area contributed by atoms with Crippen LogP contribution < -0.4 is 4.74 Å². The molecule has 3 rings (SSSR count). The number of hydrogen-bond acceptors (Lipinski definition) is 4. The molecule has 1 aromatic rings. The molecule has 1 aliphatic carbocycles. The van der Waals surface area contributed by atoms with Gasteiger partial charge in [0.25, 0.3) is 5.91 Å². The number of fused-ring (bicyclic) bond motifs is 2. The SMILES string of the molecule is Cc1cccc(OCC(=O)OCC(=O)N2CC3(C)CC2CC(C)(C)C3)c1. The standard InChI is InChI=1S/C21H29NO4/c1-15-6-5-7-17(8-15)25-12-19(24)26-11-18(23)22-14-21(4)10-16(22)9-20(2,3)13-21/h5-8,16H,9-14H2,1-4H3. The van der Waals surface area contributed by atoms with Gasteiger partial charge in [-0.2, -0.15) is 0 Å². The Morgan fingerprint density at radius 2 is 1.96 bits per heavy atom. The number of ether oxygens (including phenoxy) is 2. The number of amides is 1. The molecule has 0 spiro atoms. The maximum atomic E-state index is 12.6. The average molecular weight is 359 g/mol. The molecule has 2 fully saturated rings. The van der Waals surface area contributed by atoms with Gasteiger partial charge in [0.2, 0.25) is 0 Å². The Morgan fingerprint density at radius 1 is 1.19 bits per heavy atom. The van der Waals surface area contributed by atoms with Gasteiger partial charge in [0, 0.05) is 12.6 Å². The summed E-state index contributed by atoms with van der Waals surface area (Å²) in [7, 11) is 0. The van der Waals surface area contributed by atoms with Gasteiger partial charge in [-0.3, -0.25) is 4.79 Å². The van der Waals surface area contributed by atoms with Gasteiger partial charge in [-0.25, -0.2) is 4.79 Å². The monoisotopic (exact) mass is 359 g/mol. The zero-order chi connectivity index (χ0) is 18.9. The van der Waals surface area contributed by atoms with E-state index in [1.165, 1.54) is 0 Å². The highest BCUT2D eigenvalue weighted by Gasteiger charge is 2.50. The molecule has 0 radical (unpaired) electrons. The van der Waals surface area contributed by atoms with Gasteiger partial charge in [-0.15, -0.1) is 0 Å². The normalized spacial score (nSPS) is 26.5. The molecule has 1 heterocycles. The summed E-state index contributed by atoms with van der Waals surface area (Å²) >= 11 is 0. The van der Waals surface area contributed by atoms with Crippen molar-refractivity contribution in [1.29, 1.82) is 0 Å². The molecule has 0 aromatic heterocycles. The van der Waals surface area contributed by atoms with Crippen LogP contribution in [0.15, 0.2) is 24.3 Å². The number of aryl methyl sites for hydroxylation is 1. The lowest BCUT2D eigenvalue weighted by atomic mass is 9.65. The molecule has 2 atom stereocenters. The summed E-state index contributed by atoms with van der Waals surface area (Å²) in [6.45, 7) is 9.13. The summed E-state index contributed by atoms with van der Waals surface area (Å²) in [6, 6.07) is 7.73. The van der Waals surface area contributed by atoms with Crippen LogP contribution in [0.4, 0.5) is 0 Å². The third kappa shape index (κ3) is 4.37. The van der Waals surface area contributed by atoms with Crippen LogP contribution in [0.3, 0.4) is 0 Å². The quantitative estimate of drug-likeness (QED) is 0.757. The van der Waals surface area contributed by atoms with Crippen molar-refractivity contribution in [3.8, 4) is 5.75 Å². The van der Waals surface area contributed by atoms with Crippen molar-refractivity contribution in [3.05, 3.63) is 29.8 Å². The fourth-order valence-corrected chi connectivity index (χ4v) is 4.87. The van der Waals surface area contributed by atoms with Gasteiger partial charge in [0.1, 0.15) is 5.75 Å². The van der Waals surface area contributed by atoms with Gasteiger partial charge >= 0.3 is 5.97 Å². The first-order valence-electron chi connectivity index (χ1n) is 9.30. The molecular weight excluding hydrogens is 330 g/mol. The molecular formula is C21H29NO4. The van der Waals surface area contributed by atoms with Gasteiger partial charge in [0.15, 0.2) is 13.2 Å². The van der Waals surface area contributed by atoms with Crippen LogP contribution in [-0.4, -0.2) is 42.6 Å². The second-order valence-corrected chi connectivity index (χ2v) is 9.00. The first-order chi connectivity index (χ1) is 12.2.